The van der Waals surface area contributed by atoms with Crippen LogP contribution in [-0.2, 0) is 11.2 Å². The van der Waals surface area contributed by atoms with E-state index in [1.54, 1.807) is 7.11 Å². The minimum atomic E-state index is 0.657. The number of rotatable bonds is 5. The molecule has 0 amide bonds. The zero-order chi connectivity index (χ0) is 11.4. The van der Waals surface area contributed by atoms with Crippen molar-refractivity contribution in [3.05, 3.63) is 30.2 Å². The van der Waals surface area contributed by atoms with E-state index in [0.717, 1.165) is 24.1 Å². The number of ether oxygens (including phenoxy) is 1. The first kappa shape index (κ1) is 11.1. The number of nitrogens with zero attached hydrogens (tertiary/aromatic N) is 2. The molecule has 0 saturated heterocycles. The highest BCUT2D eigenvalue weighted by atomic mass is 16.5. The van der Waals surface area contributed by atoms with Gasteiger partial charge in [0.1, 0.15) is 5.52 Å². The van der Waals surface area contributed by atoms with Gasteiger partial charge in [0.05, 0.1) is 6.73 Å². The zero-order valence-electron chi connectivity index (χ0n) is 9.64. The van der Waals surface area contributed by atoms with E-state index in [1.807, 2.05) is 19.2 Å². The molecule has 0 unspecified atom stereocenters. The number of aromatic nitrogens is 1. The van der Waals surface area contributed by atoms with Gasteiger partial charge in [-0.25, -0.2) is 4.98 Å². The molecule has 0 atom stereocenters. The maximum atomic E-state index is 5.26. The molecule has 0 aliphatic carbocycles. The fourth-order valence-electron chi connectivity index (χ4n) is 1.66. The molecule has 0 saturated carbocycles. The summed E-state index contributed by atoms with van der Waals surface area (Å²) in [5.41, 5.74) is 3.02. The van der Waals surface area contributed by atoms with E-state index in [2.05, 4.69) is 16.0 Å². The largest absolute Gasteiger partial charge is 0.443 e. The fraction of sp³-hybridized carbons (Fsp3) is 0.417. The molecule has 0 aliphatic heterocycles. The Hall–Kier alpha value is -1.39. The summed E-state index contributed by atoms with van der Waals surface area (Å²) in [7, 11) is 3.74. The van der Waals surface area contributed by atoms with Gasteiger partial charge in [0.25, 0.3) is 0 Å². The number of fused-ring (bicyclic) bond motifs is 1. The molecule has 0 radical (unpaired) electrons. The van der Waals surface area contributed by atoms with Crippen LogP contribution in [0.2, 0.25) is 0 Å². The number of hydrogen-bond acceptors (Lipinski definition) is 4. The SMILES string of the molecule is COCN(C)CCc1ccc2ncoc2c1. The molecule has 86 valence electrons. The van der Waals surface area contributed by atoms with E-state index in [-0.39, 0.29) is 0 Å². The van der Waals surface area contributed by atoms with Gasteiger partial charge in [0.2, 0.25) is 0 Å². The van der Waals surface area contributed by atoms with Gasteiger partial charge in [-0.1, -0.05) is 6.07 Å². The highest BCUT2D eigenvalue weighted by Gasteiger charge is 2.02. The average Bonchev–Trinajstić information content (AvgIpc) is 2.74. The van der Waals surface area contributed by atoms with Gasteiger partial charge >= 0.3 is 0 Å². The molecule has 2 rings (SSSR count). The summed E-state index contributed by atoms with van der Waals surface area (Å²) in [6, 6.07) is 6.12. The third-order valence-corrected chi connectivity index (χ3v) is 2.53. The van der Waals surface area contributed by atoms with Crippen LogP contribution in [0, 0.1) is 0 Å². The van der Waals surface area contributed by atoms with Crippen LogP contribution in [0.1, 0.15) is 5.56 Å². The van der Waals surface area contributed by atoms with E-state index in [1.165, 1.54) is 12.0 Å². The summed E-state index contributed by atoms with van der Waals surface area (Å²) in [4.78, 5) is 6.22. The van der Waals surface area contributed by atoms with Crippen molar-refractivity contribution >= 4 is 11.1 Å². The number of oxazole rings is 1. The van der Waals surface area contributed by atoms with Crippen LogP contribution in [0.15, 0.2) is 29.0 Å². The maximum Gasteiger partial charge on any atom is 0.181 e. The molecule has 0 aliphatic rings. The fourth-order valence-corrected chi connectivity index (χ4v) is 1.66. The number of likely N-dealkylation sites (N-methyl/N-ethyl adjacent to an activating group) is 1. The smallest absolute Gasteiger partial charge is 0.181 e. The minimum Gasteiger partial charge on any atom is -0.443 e. The second-order valence-corrected chi connectivity index (χ2v) is 3.90. The number of methoxy groups -OCH3 is 1. The van der Waals surface area contributed by atoms with E-state index in [0.29, 0.717) is 6.73 Å². The Morgan fingerprint density at radius 1 is 1.44 bits per heavy atom. The standard InChI is InChI=1S/C12H16N2O2/c1-14(9-15-2)6-5-10-3-4-11-12(7-10)16-8-13-11/h3-4,7-8H,5-6,9H2,1-2H3. The molecule has 1 aromatic carbocycles. The molecule has 2 aromatic rings. The molecule has 16 heavy (non-hydrogen) atoms. The van der Waals surface area contributed by atoms with Gasteiger partial charge in [0.15, 0.2) is 12.0 Å². The second kappa shape index (κ2) is 5.09. The van der Waals surface area contributed by atoms with Crippen molar-refractivity contribution in [2.24, 2.45) is 0 Å². The van der Waals surface area contributed by atoms with Gasteiger partial charge in [-0.3, -0.25) is 4.90 Å². The van der Waals surface area contributed by atoms with Gasteiger partial charge in [-0.2, -0.15) is 0 Å². The maximum absolute atomic E-state index is 5.26. The van der Waals surface area contributed by atoms with Crippen LogP contribution < -0.4 is 0 Å². The third-order valence-electron chi connectivity index (χ3n) is 2.53. The first-order valence-electron chi connectivity index (χ1n) is 5.29. The summed E-state index contributed by atoms with van der Waals surface area (Å²) in [5, 5.41) is 0. The van der Waals surface area contributed by atoms with Crippen LogP contribution in [0.5, 0.6) is 0 Å². The predicted molar refractivity (Wildman–Crippen MR) is 62.2 cm³/mol. The number of benzene rings is 1. The van der Waals surface area contributed by atoms with Crippen molar-refractivity contribution in [2.75, 3.05) is 27.4 Å². The molecule has 0 bridgehead atoms. The lowest BCUT2D eigenvalue weighted by Gasteiger charge is -2.14. The third kappa shape index (κ3) is 2.59. The van der Waals surface area contributed by atoms with Crippen molar-refractivity contribution in [2.45, 2.75) is 6.42 Å². The van der Waals surface area contributed by atoms with E-state index >= 15 is 0 Å². The molecule has 0 fully saturated rings. The normalized spacial score (nSPS) is 11.4. The van der Waals surface area contributed by atoms with Crippen LogP contribution >= 0.6 is 0 Å². The molecule has 4 nitrogen and oxygen atoms in total. The monoisotopic (exact) mass is 220 g/mol. The van der Waals surface area contributed by atoms with Gasteiger partial charge < -0.3 is 9.15 Å². The second-order valence-electron chi connectivity index (χ2n) is 3.90. The van der Waals surface area contributed by atoms with Crippen molar-refractivity contribution < 1.29 is 9.15 Å². The Morgan fingerprint density at radius 3 is 3.12 bits per heavy atom. The molecule has 1 heterocycles. The van der Waals surface area contributed by atoms with Crippen LogP contribution in [-0.4, -0.2) is 37.3 Å². The highest BCUT2D eigenvalue weighted by molar-refractivity contribution is 5.72. The molecule has 1 aromatic heterocycles. The Balaban J connectivity index is 1.98. The zero-order valence-corrected chi connectivity index (χ0v) is 9.64. The van der Waals surface area contributed by atoms with Crippen molar-refractivity contribution in [1.82, 2.24) is 9.88 Å². The summed E-state index contributed by atoms with van der Waals surface area (Å²) in [6.45, 7) is 1.62. The molecule has 4 heteroatoms. The van der Waals surface area contributed by atoms with Gasteiger partial charge in [0, 0.05) is 13.7 Å². The van der Waals surface area contributed by atoms with E-state index in [4.69, 9.17) is 9.15 Å². The van der Waals surface area contributed by atoms with Crippen LogP contribution in [0.3, 0.4) is 0 Å². The average molecular weight is 220 g/mol. The Kier molecular flexibility index (Phi) is 3.54. The van der Waals surface area contributed by atoms with Gasteiger partial charge in [-0.05, 0) is 31.2 Å². The molecular weight excluding hydrogens is 204 g/mol. The lowest BCUT2D eigenvalue weighted by atomic mass is 10.1. The quantitative estimate of drug-likeness (QED) is 0.721. The molecule has 0 N–H and O–H groups in total. The summed E-state index contributed by atoms with van der Waals surface area (Å²) >= 11 is 0. The Bertz CT molecular complexity index is 453. The first-order valence-corrected chi connectivity index (χ1v) is 5.29. The Labute approximate surface area is 94.8 Å². The van der Waals surface area contributed by atoms with Crippen molar-refractivity contribution in [1.29, 1.82) is 0 Å². The van der Waals surface area contributed by atoms with E-state index in [9.17, 15) is 0 Å². The van der Waals surface area contributed by atoms with Crippen molar-refractivity contribution in [3.8, 4) is 0 Å². The topological polar surface area (TPSA) is 38.5 Å². The first-order chi connectivity index (χ1) is 7.79. The summed E-state index contributed by atoms with van der Waals surface area (Å²) in [6.07, 6.45) is 2.46. The highest BCUT2D eigenvalue weighted by Crippen LogP contribution is 2.14. The predicted octanol–water partition coefficient (Wildman–Crippen LogP) is 1.91. The summed E-state index contributed by atoms with van der Waals surface area (Å²) < 4.78 is 10.3. The minimum absolute atomic E-state index is 0.657. The van der Waals surface area contributed by atoms with Crippen LogP contribution in [0.25, 0.3) is 11.1 Å². The lowest BCUT2D eigenvalue weighted by molar-refractivity contribution is 0.0827. The molecule has 0 spiro atoms. The van der Waals surface area contributed by atoms with E-state index < -0.39 is 0 Å². The molecular formula is C12H16N2O2. The van der Waals surface area contributed by atoms with Crippen molar-refractivity contribution in [3.63, 3.8) is 0 Å². The van der Waals surface area contributed by atoms with Crippen LogP contribution in [0.4, 0.5) is 0 Å². The van der Waals surface area contributed by atoms with Gasteiger partial charge in [-0.15, -0.1) is 0 Å². The Morgan fingerprint density at radius 2 is 2.31 bits per heavy atom. The lowest BCUT2D eigenvalue weighted by Crippen LogP contribution is -2.23. The number of hydrogen-bond donors (Lipinski definition) is 0. The summed E-state index contributed by atoms with van der Waals surface area (Å²) in [5.74, 6) is 0.